The van der Waals surface area contributed by atoms with Gasteiger partial charge in [0.15, 0.2) is 5.76 Å². The molecule has 0 amide bonds. The fourth-order valence-corrected chi connectivity index (χ4v) is 2.35. The van der Waals surface area contributed by atoms with Crippen LogP contribution in [-0.2, 0) is 16.6 Å². The number of nitrogens with zero attached hydrogens (tertiary/aromatic N) is 2. The highest BCUT2D eigenvalue weighted by atomic mass is 32.2. The summed E-state index contributed by atoms with van der Waals surface area (Å²) < 4.78 is 27.8. The molecule has 0 fully saturated rings. The highest BCUT2D eigenvalue weighted by Crippen LogP contribution is 2.21. The van der Waals surface area contributed by atoms with Crippen LogP contribution in [0.15, 0.2) is 33.7 Å². The number of nitrogens with one attached hydrogen (secondary N) is 1. The minimum absolute atomic E-state index is 0.101. The Morgan fingerprint density at radius 3 is 2.68 bits per heavy atom. The first kappa shape index (κ1) is 16.0. The summed E-state index contributed by atoms with van der Waals surface area (Å²) in [6.07, 6.45) is 0. The van der Waals surface area contributed by atoms with E-state index in [2.05, 4.69) is 10.5 Å². The van der Waals surface area contributed by atoms with Gasteiger partial charge in [-0.05, 0) is 24.1 Å². The van der Waals surface area contributed by atoms with Crippen molar-refractivity contribution in [2.75, 3.05) is 5.32 Å². The smallest absolute Gasteiger partial charge is 0.238 e. The van der Waals surface area contributed by atoms with Crippen molar-refractivity contribution in [1.82, 2.24) is 5.16 Å². The van der Waals surface area contributed by atoms with Crippen molar-refractivity contribution in [2.24, 2.45) is 5.14 Å². The quantitative estimate of drug-likeness (QED) is 0.868. The molecule has 8 heteroatoms. The molecule has 3 N–H and O–H groups in total. The van der Waals surface area contributed by atoms with Crippen LogP contribution in [0.2, 0.25) is 0 Å². The maximum atomic E-state index is 11.3. The summed E-state index contributed by atoms with van der Waals surface area (Å²) in [4.78, 5) is -0.101. The maximum Gasteiger partial charge on any atom is 0.238 e. The van der Waals surface area contributed by atoms with Crippen LogP contribution >= 0.6 is 0 Å². The summed E-state index contributed by atoms with van der Waals surface area (Å²) in [5.74, 6) is 0.893. The molecule has 1 aromatic heterocycles. The standard InChI is InChI=1S/C14H16N4O3S/c1-9(2)14-6-11(21-18-14)8-17-13-4-3-12(22(16,19)20)5-10(13)7-15/h3-6,9,17H,8H2,1-2H3,(H2,16,19,20). The van der Waals surface area contributed by atoms with Crippen molar-refractivity contribution in [1.29, 1.82) is 5.26 Å². The van der Waals surface area contributed by atoms with Gasteiger partial charge in [-0.25, -0.2) is 13.6 Å². The second-order valence-electron chi connectivity index (χ2n) is 5.09. The zero-order valence-electron chi connectivity index (χ0n) is 12.2. The molecule has 0 saturated carbocycles. The lowest BCUT2D eigenvalue weighted by atomic mass is 10.1. The van der Waals surface area contributed by atoms with E-state index in [1.54, 1.807) is 0 Å². The number of nitrogens with two attached hydrogens (primary N) is 1. The van der Waals surface area contributed by atoms with Gasteiger partial charge in [0.05, 0.1) is 28.4 Å². The summed E-state index contributed by atoms with van der Waals surface area (Å²) in [6.45, 7) is 4.35. The van der Waals surface area contributed by atoms with E-state index in [1.807, 2.05) is 26.0 Å². The van der Waals surface area contributed by atoms with Crippen LogP contribution in [0.25, 0.3) is 0 Å². The average Bonchev–Trinajstić information content (AvgIpc) is 2.93. The Bertz CT molecular complexity index is 819. The van der Waals surface area contributed by atoms with Crippen LogP contribution in [0.1, 0.15) is 36.8 Å². The third-order valence-corrected chi connectivity index (χ3v) is 3.97. The van der Waals surface area contributed by atoms with E-state index in [-0.39, 0.29) is 16.4 Å². The van der Waals surface area contributed by atoms with Crippen molar-refractivity contribution in [2.45, 2.75) is 31.2 Å². The summed E-state index contributed by atoms with van der Waals surface area (Å²) in [5, 5.41) is 21.1. The number of aromatic nitrogens is 1. The molecule has 0 bridgehead atoms. The number of nitriles is 1. The summed E-state index contributed by atoms with van der Waals surface area (Å²) in [6, 6.07) is 7.85. The molecule has 22 heavy (non-hydrogen) atoms. The van der Waals surface area contributed by atoms with Crippen LogP contribution in [0.5, 0.6) is 0 Å². The van der Waals surface area contributed by atoms with Crippen LogP contribution in [0.3, 0.4) is 0 Å². The van der Waals surface area contributed by atoms with Crippen LogP contribution in [0, 0.1) is 11.3 Å². The third-order valence-electron chi connectivity index (χ3n) is 3.06. The van der Waals surface area contributed by atoms with E-state index in [9.17, 15) is 8.42 Å². The first-order valence-electron chi connectivity index (χ1n) is 6.57. The van der Waals surface area contributed by atoms with Crippen molar-refractivity contribution in [3.8, 4) is 6.07 Å². The van der Waals surface area contributed by atoms with Crippen molar-refractivity contribution < 1.29 is 12.9 Å². The number of anilines is 1. The average molecular weight is 320 g/mol. The SMILES string of the molecule is CC(C)c1cc(CNc2ccc(S(N)(=O)=O)cc2C#N)on1. The van der Waals surface area contributed by atoms with E-state index in [0.717, 1.165) is 5.69 Å². The molecular formula is C14H16N4O3S. The molecule has 0 aliphatic heterocycles. The molecule has 1 aromatic carbocycles. The molecule has 0 aliphatic carbocycles. The fraction of sp³-hybridized carbons (Fsp3) is 0.286. The molecule has 0 atom stereocenters. The predicted octanol–water partition coefficient (Wildman–Crippen LogP) is 1.93. The van der Waals surface area contributed by atoms with Gasteiger partial charge in [-0.15, -0.1) is 0 Å². The van der Waals surface area contributed by atoms with Crippen molar-refractivity contribution >= 4 is 15.7 Å². The largest absolute Gasteiger partial charge is 0.377 e. The van der Waals surface area contributed by atoms with E-state index in [1.165, 1.54) is 18.2 Å². The predicted molar refractivity (Wildman–Crippen MR) is 80.4 cm³/mol. The van der Waals surface area contributed by atoms with E-state index in [4.69, 9.17) is 14.9 Å². The van der Waals surface area contributed by atoms with Crippen LogP contribution < -0.4 is 10.5 Å². The molecule has 0 radical (unpaired) electrons. The molecule has 2 rings (SSSR count). The highest BCUT2D eigenvalue weighted by molar-refractivity contribution is 7.89. The number of rotatable bonds is 5. The van der Waals surface area contributed by atoms with Gasteiger partial charge in [0, 0.05) is 6.07 Å². The van der Waals surface area contributed by atoms with Gasteiger partial charge in [-0.2, -0.15) is 5.26 Å². The fourth-order valence-electron chi connectivity index (χ4n) is 1.81. The van der Waals surface area contributed by atoms with Crippen molar-refractivity contribution in [3.63, 3.8) is 0 Å². The molecular weight excluding hydrogens is 304 g/mol. The monoisotopic (exact) mass is 320 g/mol. The first-order valence-corrected chi connectivity index (χ1v) is 8.12. The molecule has 0 spiro atoms. The summed E-state index contributed by atoms with van der Waals surface area (Å²) >= 11 is 0. The zero-order chi connectivity index (χ0) is 16.3. The molecule has 7 nitrogen and oxygen atoms in total. The molecule has 2 aromatic rings. The Morgan fingerprint density at radius 1 is 1.41 bits per heavy atom. The van der Waals surface area contributed by atoms with E-state index >= 15 is 0 Å². The normalized spacial score (nSPS) is 11.4. The first-order chi connectivity index (χ1) is 10.3. The second kappa shape index (κ2) is 6.17. The Balaban J connectivity index is 2.17. The minimum Gasteiger partial charge on any atom is -0.377 e. The minimum atomic E-state index is -3.83. The Kier molecular flexibility index (Phi) is 4.49. The molecule has 116 valence electrons. The van der Waals surface area contributed by atoms with Crippen LogP contribution in [-0.4, -0.2) is 13.6 Å². The number of benzene rings is 1. The number of primary sulfonamides is 1. The van der Waals surface area contributed by atoms with Crippen LogP contribution in [0.4, 0.5) is 5.69 Å². The van der Waals surface area contributed by atoms with Gasteiger partial charge in [-0.3, -0.25) is 0 Å². The van der Waals surface area contributed by atoms with Gasteiger partial charge < -0.3 is 9.84 Å². The zero-order valence-corrected chi connectivity index (χ0v) is 13.0. The van der Waals surface area contributed by atoms with E-state index in [0.29, 0.717) is 18.0 Å². The summed E-state index contributed by atoms with van der Waals surface area (Å²) in [7, 11) is -3.83. The lowest BCUT2D eigenvalue weighted by Crippen LogP contribution is -2.12. The number of sulfonamides is 1. The lowest BCUT2D eigenvalue weighted by molar-refractivity contribution is 0.379. The Morgan fingerprint density at radius 2 is 2.14 bits per heavy atom. The highest BCUT2D eigenvalue weighted by Gasteiger charge is 2.12. The number of hydrogen-bond donors (Lipinski definition) is 2. The van der Waals surface area contributed by atoms with Gasteiger partial charge in [0.2, 0.25) is 10.0 Å². The topological polar surface area (TPSA) is 122 Å². The van der Waals surface area contributed by atoms with Gasteiger partial charge >= 0.3 is 0 Å². The molecule has 0 unspecified atom stereocenters. The van der Waals surface area contributed by atoms with Gasteiger partial charge in [0.25, 0.3) is 0 Å². The lowest BCUT2D eigenvalue weighted by Gasteiger charge is -2.07. The second-order valence-corrected chi connectivity index (χ2v) is 6.65. The Hall–Kier alpha value is -2.37. The molecule has 0 aliphatic rings. The third kappa shape index (κ3) is 3.63. The Labute approximate surface area is 128 Å². The molecule has 1 heterocycles. The summed E-state index contributed by atoms with van der Waals surface area (Å²) in [5.41, 5.74) is 1.54. The van der Waals surface area contributed by atoms with Gasteiger partial charge in [0.1, 0.15) is 6.07 Å². The molecule has 0 saturated heterocycles. The van der Waals surface area contributed by atoms with Crippen molar-refractivity contribution in [3.05, 3.63) is 41.3 Å². The maximum absolute atomic E-state index is 11.3. The van der Waals surface area contributed by atoms with Gasteiger partial charge in [-0.1, -0.05) is 19.0 Å². The number of hydrogen-bond acceptors (Lipinski definition) is 6. The van der Waals surface area contributed by atoms with E-state index < -0.39 is 10.0 Å².